The summed E-state index contributed by atoms with van der Waals surface area (Å²) in [5.74, 6) is -1.03. The molecule has 2 N–H and O–H groups in total. The Hall–Kier alpha value is -2.04. The third kappa shape index (κ3) is 3.48. The molecule has 5 heteroatoms. The molecule has 0 aliphatic rings. The summed E-state index contributed by atoms with van der Waals surface area (Å²) in [6.07, 6.45) is 0.880. The minimum absolute atomic E-state index is 0.432. The van der Waals surface area contributed by atoms with E-state index in [1.807, 2.05) is 25.1 Å². The Morgan fingerprint density at radius 2 is 2.11 bits per heavy atom. The van der Waals surface area contributed by atoms with E-state index >= 15 is 0 Å². The van der Waals surface area contributed by atoms with Crippen molar-refractivity contribution in [3.8, 4) is 0 Å². The van der Waals surface area contributed by atoms with E-state index in [0.29, 0.717) is 5.69 Å². The van der Waals surface area contributed by atoms with Crippen molar-refractivity contribution >= 4 is 17.7 Å². The van der Waals surface area contributed by atoms with Crippen molar-refractivity contribution in [3.63, 3.8) is 0 Å². The summed E-state index contributed by atoms with van der Waals surface area (Å²) in [4.78, 5) is 23.7. The maximum absolute atomic E-state index is 11.8. The van der Waals surface area contributed by atoms with Crippen LogP contribution in [-0.4, -0.2) is 35.1 Å². The van der Waals surface area contributed by atoms with Crippen LogP contribution in [0.3, 0.4) is 0 Å². The minimum atomic E-state index is -1.03. The second-order valence-electron chi connectivity index (χ2n) is 4.11. The number of likely N-dealkylation sites (N-methyl/N-ethyl adjacent to an activating group) is 1. The van der Waals surface area contributed by atoms with Gasteiger partial charge in [0, 0.05) is 12.7 Å². The number of urea groups is 1. The van der Waals surface area contributed by atoms with Crippen molar-refractivity contribution in [1.29, 1.82) is 0 Å². The molecule has 1 aromatic rings. The number of nitrogens with one attached hydrogen (secondary N) is 1. The lowest BCUT2D eigenvalue weighted by atomic mass is 10.1. The van der Waals surface area contributed by atoms with Crippen molar-refractivity contribution in [2.45, 2.75) is 26.3 Å². The van der Waals surface area contributed by atoms with Gasteiger partial charge in [-0.2, -0.15) is 0 Å². The summed E-state index contributed by atoms with van der Waals surface area (Å²) in [6, 6.07) is 6.18. The van der Waals surface area contributed by atoms with Gasteiger partial charge in [0.1, 0.15) is 6.04 Å². The zero-order chi connectivity index (χ0) is 13.7. The van der Waals surface area contributed by atoms with Crippen LogP contribution in [0.15, 0.2) is 24.3 Å². The average Bonchev–Trinajstić information content (AvgIpc) is 2.36. The SMILES string of the molecule is CCc1cccc(NC(=O)N(C)C(C)C(=O)O)c1. The van der Waals surface area contributed by atoms with Gasteiger partial charge in [-0.3, -0.25) is 0 Å². The molecule has 2 amide bonds. The number of amides is 2. The summed E-state index contributed by atoms with van der Waals surface area (Å²) in [5.41, 5.74) is 1.78. The van der Waals surface area contributed by atoms with Crippen molar-refractivity contribution in [1.82, 2.24) is 4.90 Å². The largest absolute Gasteiger partial charge is 0.480 e. The normalized spacial score (nSPS) is 11.7. The summed E-state index contributed by atoms with van der Waals surface area (Å²) in [7, 11) is 1.46. The number of carbonyl (C=O) groups excluding carboxylic acids is 1. The van der Waals surface area contributed by atoms with E-state index < -0.39 is 18.0 Å². The number of aliphatic carboxylic acids is 1. The number of aryl methyl sites for hydroxylation is 1. The van der Waals surface area contributed by atoms with Crippen LogP contribution in [0.25, 0.3) is 0 Å². The summed E-state index contributed by atoms with van der Waals surface area (Å²) in [5, 5.41) is 11.5. The van der Waals surface area contributed by atoms with Crippen LogP contribution in [0, 0.1) is 0 Å². The first-order valence-electron chi connectivity index (χ1n) is 5.81. The first-order valence-corrected chi connectivity index (χ1v) is 5.81. The molecule has 1 atom stereocenters. The topological polar surface area (TPSA) is 69.6 Å². The molecule has 0 fully saturated rings. The Kier molecular flexibility index (Phi) is 4.71. The number of benzene rings is 1. The van der Waals surface area contributed by atoms with Crippen molar-refractivity contribution in [2.24, 2.45) is 0 Å². The smallest absolute Gasteiger partial charge is 0.326 e. The third-order valence-electron chi connectivity index (χ3n) is 2.85. The number of carbonyl (C=O) groups is 2. The summed E-state index contributed by atoms with van der Waals surface area (Å²) < 4.78 is 0. The fourth-order valence-electron chi connectivity index (χ4n) is 1.42. The van der Waals surface area contributed by atoms with E-state index in [1.54, 1.807) is 6.07 Å². The van der Waals surface area contributed by atoms with Gasteiger partial charge in [0.05, 0.1) is 0 Å². The number of carboxylic acid groups (broad SMARTS) is 1. The third-order valence-corrected chi connectivity index (χ3v) is 2.85. The van der Waals surface area contributed by atoms with Crippen molar-refractivity contribution in [3.05, 3.63) is 29.8 Å². The Morgan fingerprint density at radius 1 is 1.44 bits per heavy atom. The van der Waals surface area contributed by atoms with Crippen LogP contribution in [0.5, 0.6) is 0 Å². The monoisotopic (exact) mass is 250 g/mol. The fourth-order valence-corrected chi connectivity index (χ4v) is 1.42. The second-order valence-corrected chi connectivity index (χ2v) is 4.11. The second kappa shape index (κ2) is 6.05. The van der Waals surface area contributed by atoms with Crippen LogP contribution in [-0.2, 0) is 11.2 Å². The molecule has 1 rings (SSSR count). The number of carboxylic acids is 1. The lowest BCUT2D eigenvalue weighted by Crippen LogP contribution is -2.42. The van der Waals surface area contributed by atoms with Crippen molar-refractivity contribution in [2.75, 3.05) is 12.4 Å². The van der Waals surface area contributed by atoms with E-state index in [9.17, 15) is 9.59 Å². The van der Waals surface area contributed by atoms with Crippen LogP contribution in [0.2, 0.25) is 0 Å². The molecule has 0 bridgehead atoms. The molecule has 98 valence electrons. The predicted octanol–water partition coefficient (Wildman–Crippen LogP) is 2.19. The first-order chi connectivity index (χ1) is 8.45. The molecule has 1 unspecified atom stereocenters. The molecular weight excluding hydrogens is 232 g/mol. The molecule has 0 spiro atoms. The highest BCUT2D eigenvalue weighted by atomic mass is 16.4. The number of anilines is 1. The predicted molar refractivity (Wildman–Crippen MR) is 69.7 cm³/mol. The van der Waals surface area contributed by atoms with Gasteiger partial charge in [0.15, 0.2) is 0 Å². The average molecular weight is 250 g/mol. The van der Waals surface area contributed by atoms with E-state index in [2.05, 4.69) is 5.32 Å². The Morgan fingerprint density at radius 3 is 2.67 bits per heavy atom. The number of rotatable bonds is 4. The molecule has 18 heavy (non-hydrogen) atoms. The molecule has 0 aliphatic carbocycles. The molecule has 0 heterocycles. The Labute approximate surface area is 106 Å². The Balaban J connectivity index is 2.72. The van der Waals surface area contributed by atoms with E-state index in [1.165, 1.54) is 14.0 Å². The molecular formula is C13H18N2O3. The van der Waals surface area contributed by atoms with Crippen LogP contribution in [0.4, 0.5) is 10.5 Å². The van der Waals surface area contributed by atoms with E-state index in [4.69, 9.17) is 5.11 Å². The van der Waals surface area contributed by atoms with Crippen molar-refractivity contribution < 1.29 is 14.7 Å². The van der Waals surface area contributed by atoms with Gasteiger partial charge >= 0.3 is 12.0 Å². The molecule has 0 saturated heterocycles. The lowest BCUT2D eigenvalue weighted by Gasteiger charge is -2.21. The number of hydrogen-bond donors (Lipinski definition) is 2. The summed E-state index contributed by atoms with van der Waals surface area (Å²) in [6.45, 7) is 3.49. The van der Waals surface area contributed by atoms with Gasteiger partial charge in [-0.25, -0.2) is 9.59 Å². The molecule has 0 saturated carbocycles. The molecule has 5 nitrogen and oxygen atoms in total. The van der Waals surface area contributed by atoms with Crippen LogP contribution >= 0.6 is 0 Å². The minimum Gasteiger partial charge on any atom is -0.480 e. The molecule has 1 aromatic carbocycles. The zero-order valence-corrected chi connectivity index (χ0v) is 10.8. The fraction of sp³-hybridized carbons (Fsp3) is 0.385. The number of hydrogen-bond acceptors (Lipinski definition) is 2. The summed E-state index contributed by atoms with van der Waals surface area (Å²) >= 11 is 0. The zero-order valence-electron chi connectivity index (χ0n) is 10.8. The van der Waals surface area contributed by atoms with Gasteiger partial charge in [-0.15, -0.1) is 0 Å². The highest BCUT2D eigenvalue weighted by Gasteiger charge is 2.21. The Bertz CT molecular complexity index is 446. The van der Waals surface area contributed by atoms with Gasteiger partial charge in [-0.1, -0.05) is 19.1 Å². The van der Waals surface area contributed by atoms with Gasteiger partial charge in [-0.05, 0) is 31.0 Å². The highest BCUT2D eigenvalue weighted by molar-refractivity contribution is 5.92. The number of nitrogens with zero attached hydrogens (tertiary/aromatic N) is 1. The maximum Gasteiger partial charge on any atom is 0.326 e. The van der Waals surface area contributed by atoms with E-state index in [0.717, 1.165) is 16.9 Å². The van der Waals surface area contributed by atoms with Gasteiger partial charge < -0.3 is 15.3 Å². The quantitative estimate of drug-likeness (QED) is 0.860. The highest BCUT2D eigenvalue weighted by Crippen LogP contribution is 2.12. The first kappa shape index (κ1) is 14.0. The van der Waals surface area contributed by atoms with E-state index in [-0.39, 0.29) is 0 Å². The van der Waals surface area contributed by atoms with Gasteiger partial charge in [0.2, 0.25) is 0 Å². The maximum atomic E-state index is 11.8. The van der Waals surface area contributed by atoms with Crippen LogP contribution < -0.4 is 5.32 Å². The molecule has 0 aliphatic heterocycles. The van der Waals surface area contributed by atoms with Crippen LogP contribution in [0.1, 0.15) is 19.4 Å². The lowest BCUT2D eigenvalue weighted by molar-refractivity contribution is -0.141. The van der Waals surface area contributed by atoms with Gasteiger partial charge in [0.25, 0.3) is 0 Å². The molecule has 0 radical (unpaired) electrons. The standard InChI is InChI=1S/C13H18N2O3/c1-4-10-6-5-7-11(8-10)14-13(18)15(3)9(2)12(16)17/h5-9H,4H2,1-3H3,(H,14,18)(H,16,17). The molecule has 0 aromatic heterocycles.